The van der Waals surface area contributed by atoms with Gasteiger partial charge in [-0.3, -0.25) is 0 Å². The molecule has 3 nitrogen and oxygen atoms in total. The van der Waals surface area contributed by atoms with Gasteiger partial charge in [-0.15, -0.1) is 12.4 Å². The molecule has 0 atom stereocenters. The predicted molar refractivity (Wildman–Crippen MR) is 103 cm³/mol. The maximum Gasteiger partial charge on any atom is 0.416 e. The smallest absolute Gasteiger partial charge is 0.378 e. The lowest BCUT2D eigenvalue weighted by Gasteiger charge is -2.33. The fourth-order valence-corrected chi connectivity index (χ4v) is 3.80. The number of nitrogens with one attached hydrogen (secondary N) is 1. The molecule has 4 rings (SSSR count). The Hall–Kier alpha value is -1.76. The van der Waals surface area contributed by atoms with Crippen molar-refractivity contribution in [2.75, 3.05) is 37.7 Å². The van der Waals surface area contributed by atoms with Crippen LogP contribution >= 0.6 is 12.4 Å². The largest absolute Gasteiger partial charge is 0.416 e. The van der Waals surface area contributed by atoms with Crippen molar-refractivity contribution in [2.24, 2.45) is 0 Å². The number of morpholine rings is 1. The summed E-state index contributed by atoms with van der Waals surface area (Å²) in [4.78, 5) is 2.34. The third-order valence-corrected chi connectivity index (χ3v) is 5.14. The van der Waals surface area contributed by atoms with Crippen molar-refractivity contribution in [1.29, 1.82) is 0 Å². The van der Waals surface area contributed by atoms with Crippen molar-refractivity contribution in [3.63, 3.8) is 0 Å². The topological polar surface area (TPSA) is 24.5 Å². The Balaban J connectivity index is 0.00000210. The Morgan fingerprint density at radius 1 is 0.926 bits per heavy atom. The molecule has 0 amide bonds. The number of anilines is 1. The van der Waals surface area contributed by atoms with Crippen LogP contribution in [0.2, 0.25) is 0 Å². The van der Waals surface area contributed by atoms with Gasteiger partial charge in [-0.05, 0) is 53.4 Å². The van der Waals surface area contributed by atoms with Crippen molar-refractivity contribution in [3.05, 3.63) is 53.1 Å². The summed E-state index contributed by atoms with van der Waals surface area (Å²) in [6, 6.07) is 9.64. The molecule has 0 aromatic heterocycles. The van der Waals surface area contributed by atoms with E-state index in [0.717, 1.165) is 56.9 Å². The molecule has 2 heterocycles. The minimum Gasteiger partial charge on any atom is -0.378 e. The maximum absolute atomic E-state index is 12.8. The highest BCUT2D eigenvalue weighted by Crippen LogP contribution is 2.36. The summed E-state index contributed by atoms with van der Waals surface area (Å²) in [7, 11) is 0. The van der Waals surface area contributed by atoms with Crippen molar-refractivity contribution in [3.8, 4) is 11.1 Å². The Morgan fingerprint density at radius 3 is 2.30 bits per heavy atom. The molecule has 0 bridgehead atoms. The third-order valence-electron chi connectivity index (χ3n) is 5.14. The zero-order chi connectivity index (χ0) is 18.1. The average molecular weight is 399 g/mol. The number of alkyl halides is 3. The van der Waals surface area contributed by atoms with Gasteiger partial charge in [-0.1, -0.05) is 18.2 Å². The summed E-state index contributed by atoms with van der Waals surface area (Å²) in [6.07, 6.45) is -3.42. The predicted octanol–water partition coefficient (Wildman–Crippen LogP) is 4.28. The fraction of sp³-hybridized carbons (Fsp3) is 0.400. The Morgan fingerprint density at radius 2 is 1.63 bits per heavy atom. The normalized spacial score (nSPS) is 17.2. The average Bonchev–Trinajstić information content (AvgIpc) is 2.67. The van der Waals surface area contributed by atoms with Gasteiger partial charge in [-0.25, -0.2) is 0 Å². The van der Waals surface area contributed by atoms with Gasteiger partial charge in [0.05, 0.1) is 18.8 Å². The van der Waals surface area contributed by atoms with E-state index in [-0.39, 0.29) is 12.4 Å². The Kier molecular flexibility index (Phi) is 5.99. The standard InChI is InChI=1S/C20H21F3N2O.ClH/c21-20(22,23)15-3-1-14(2-4-15)16-5-6-19(25-9-11-26-12-10-25)18-13-24-8-7-17(16)18;/h1-6,24H,7-13H2;1H. The molecule has 2 aromatic rings. The second-order valence-corrected chi connectivity index (χ2v) is 6.69. The summed E-state index contributed by atoms with van der Waals surface area (Å²) in [5, 5.41) is 3.42. The van der Waals surface area contributed by atoms with E-state index in [2.05, 4.69) is 22.3 Å². The Labute approximate surface area is 162 Å². The van der Waals surface area contributed by atoms with E-state index in [1.54, 1.807) is 12.1 Å². The van der Waals surface area contributed by atoms with Crippen LogP contribution < -0.4 is 10.2 Å². The summed E-state index contributed by atoms with van der Waals surface area (Å²) in [6.45, 7) is 4.85. The van der Waals surface area contributed by atoms with Crippen LogP contribution in [-0.2, 0) is 23.9 Å². The molecule has 1 fully saturated rings. The number of rotatable bonds is 2. The molecule has 0 spiro atoms. The summed E-state index contributed by atoms with van der Waals surface area (Å²) in [5.74, 6) is 0. The van der Waals surface area contributed by atoms with E-state index in [1.807, 2.05) is 0 Å². The first-order valence-electron chi connectivity index (χ1n) is 8.90. The second kappa shape index (κ2) is 8.09. The Bertz CT molecular complexity index is 787. The van der Waals surface area contributed by atoms with Crippen LogP contribution in [0.5, 0.6) is 0 Å². The molecule has 2 aliphatic rings. The van der Waals surface area contributed by atoms with Crippen molar-refractivity contribution in [1.82, 2.24) is 5.32 Å². The zero-order valence-electron chi connectivity index (χ0n) is 14.8. The molecule has 27 heavy (non-hydrogen) atoms. The summed E-state index contributed by atoms with van der Waals surface area (Å²) < 4.78 is 43.9. The monoisotopic (exact) mass is 398 g/mol. The minimum atomic E-state index is -4.30. The van der Waals surface area contributed by atoms with Crippen LogP contribution in [0.25, 0.3) is 11.1 Å². The first kappa shape index (κ1) is 20.0. The van der Waals surface area contributed by atoms with E-state index < -0.39 is 11.7 Å². The van der Waals surface area contributed by atoms with Gasteiger partial charge < -0.3 is 15.0 Å². The van der Waals surface area contributed by atoms with Crippen LogP contribution in [0, 0.1) is 0 Å². The highest BCUT2D eigenvalue weighted by atomic mass is 35.5. The van der Waals surface area contributed by atoms with Crippen molar-refractivity contribution in [2.45, 2.75) is 19.1 Å². The van der Waals surface area contributed by atoms with E-state index in [9.17, 15) is 13.2 Å². The highest BCUT2D eigenvalue weighted by molar-refractivity contribution is 5.85. The van der Waals surface area contributed by atoms with Gasteiger partial charge in [-0.2, -0.15) is 13.2 Å². The molecule has 0 unspecified atom stereocenters. The highest BCUT2D eigenvalue weighted by Gasteiger charge is 2.30. The van der Waals surface area contributed by atoms with Gasteiger partial charge in [0.15, 0.2) is 0 Å². The van der Waals surface area contributed by atoms with E-state index >= 15 is 0 Å². The molecule has 146 valence electrons. The van der Waals surface area contributed by atoms with Gasteiger partial charge in [0, 0.05) is 25.3 Å². The first-order chi connectivity index (χ1) is 12.5. The van der Waals surface area contributed by atoms with Gasteiger partial charge in [0.25, 0.3) is 0 Å². The van der Waals surface area contributed by atoms with Crippen LogP contribution in [-0.4, -0.2) is 32.8 Å². The molecule has 1 N–H and O–H groups in total. The number of ether oxygens (including phenoxy) is 1. The maximum atomic E-state index is 12.8. The molecule has 7 heteroatoms. The number of hydrogen-bond donors (Lipinski definition) is 1. The molecule has 1 saturated heterocycles. The van der Waals surface area contributed by atoms with Crippen molar-refractivity contribution >= 4 is 18.1 Å². The SMILES string of the molecule is Cl.FC(F)(F)c1ccc(-c2ccc(N3CCOCC3)c3c2CCNC3)cc1. The summed E-state index contributed by atoms with van der Waals surface area (Å²) >= 11 is 0. The van der Waals surface area contributed by atoms with Gasteiger partial charge in [0.2, 0.25) is 0 Å². The van der Waals surface area contributed by atoms with Crippen LogP contribution in [0.1, 0.15) is 16.7 Å². The first-order valence-corrected chi connectivity index (χ1v) is 8.90. The zero-order valence-corrected chi connectivity index (χ0v) is 15.6. The fourth-order valence-electron chi connectivity index (χ4n) is 3.80. The lowest BCUT2D eigenvalue weighted by atomic mass is 9.89. The molecule has 2 aliphatic heterocycles. The van der Waals surface area contributed by atoms with Crippen LogP contribution in [0.15, 0.2) is 36.4 Å². The van der Waals surface area contributed by atoms with Crippen molar-refractivity contribution < 1.29 is 17.9 Å². The van der Waals surface area contributed by atoms with Crippen LogP contribution in [0.3, 0.4) is 0 Å². The molecule has 0 radical (unpaired) electrons. The van der Waals surface area contributed by atoms with E-state index in [4.69, 9.17) is 4.74 Å². The minimum absolute atomic E-state index is 0. The van der Waals surface area contributed by atoms with E-state index in [0.29, 0.717) is 0 Å². The number of hydrogen-bond acceptors (Lipinski definition) is 3. The van der Waals surface area contributed by atoms with E-state index in [1.165, 1.54) is 28.9 Å². The lowest BCUT2D eigenvalue weighted by Crippen LogP contribution is -2.38. The van der Waals surface area contributed by atoms with Gasteiger partial charge in [0.1, 0.15) is 0 Å². The lowest BCUT2D eigenvalue weighted by molar-refractivity contribution is -0.137. The second-order valence-electron chi connectivity index (χ2n) is 6.69. The number of nitrogens with zero attached hydrogens (tertiary/aromatic N) is 1. The number of fused-ring (bicyclic) bond motifs is 1. The van der Waals surface area contributed by atoms with Crippen LogP contribution in [0.4, 0.5) is 18.9 Å². The molecular weight excluding hydrogens is 377 g/mol. The molecular formula is C20H22ClF3N2O. The quantitative estimate of drug-likeness (QED) is 0.817. The summed E-state index contributed by atoms with van der Waals surface area (Å²) in [5.41, 5.74) is 4.98. The number of halogens is 4. The molecule has 0 saturated carbocycles. The third kappa shape index (κ3) is 4.08. The number of benzene rings is 2. The molecule has 0 aliphatic carbocycles. The van der Waals surface area contributed by atoms with Gasteiger partial charge >= 0.3 is 6.18 Å². The molecule has 2 aromatic carbocycles.